The Balaban J connectivity index is 1.87. The fourth-order valence-corrected chi connectivity index (χ4v) is 2.95. The summed E-state index contributed by atoms with van der Waals surface area (Å²) in [4.78, 5) is 4.49. The van der Waals surface area contributed by atoms with Crippen molar-refractivity contribution in [3.05, 3.63) is 54.5 Å². The van der Waals surface area contributed by atoms with Gasteiger partial charge in [-0.05, 0) is 17.7 Å². The van der Waals surface area contributed by atoms with E-state index < -0.39 is 0 Å². The van der Waals surface area contributed by atoms with Gasteiger partial charge in [0.25, 0.3) is 0 Å². The number of methoxy groups -OCH3 is 1. The zero-order valence-corrected chi connectivity index (χ0v) is 14.4. The molecule has 3 aromatic heterocycles. The van der Waals surface area contributed by atoms with Crippen LogP contribution >= 0.6 is 0 Å². The molecule has 128 valence electrons. The highest BCUT2D eigenvalue weighted by Crippen LogP contribution is 2.30. The van der Waals surface area contributed by atoms with Crippen molar-refractivity contribution in [1.82, 2.24) is 24.4 Å². The van der Waals surface area contributed by atoms with Crippen LogP contribution in [0.1, 0.15) is 5.56 Å². The highest BCUT2D eigenvalue weighted by atomic mass is 16.5. The average Bonchev–Trinajstić information content (AvgIpc) is 3.26. The van der Waals surface area contributed by atoms with Crippen LogP contribution in [0, 0.1) is 11.3 Å². The topological polar surface area (TPSA) is 81.0 Å². The fraction of sp³-hybridized carbons (Fsp3) is 0.158. The predicted octanol–water partition coefficient (Wildman–Crippen LogP) is 2.87. The van der Waals surface area contributed by atoms with Gasteiger partial charge in [0, 0.05) is 24.4 Å². The van der Waals surface area contributed by atoms with Crippen LogP contribution in [-0.2, 0) is 13.5 Å². The Morgan fingerprint density at radius 3 is 2.81 bits per heavy atom. The number of imidazole rings is 1. The summed E-state index contributed by atoms with van der Waals surface area (Å²) in [6.07, 6.45) is 5.82. The number of aryl methyl sites for hydroxylation is 1. The number of rotatable bonds is 4. The van der Waals surface area contributed by atoms with E-state index in [4.69, 9.17) is 10.00 Å². The fourth-order valence-electron chi connectivity index (χ4n) is 2.95. The van der Waals surface area contributed by atoms with Gasteiger partial charge in [-0.3, -0.25) is 4.68 Å². The van der Waals surface area contributed by atoms with Crippen LogP contribution in [0.5, 0.6) is 5.88 Å². The molecule has 4 rings (SSSR count). The lowest BCUT2D eigenvalue weighted by Gasteiger charge is -2.08. The van der Waals surface area contributed by atoms with Gasteiger partial charge in [0.15, 0.2) is 5.65 Å². The molecule has 0 saturated heterocycles. The zero-order chi connectivity index (χ0) is 18.1. The van der Waals surface area contributed by atoms with E-state index in [0.717, 1.165) is 27.9 Å². The first-order chi connectivity index (χ1) is 12.7. The van der Waals surface area contributed by atoms with Gasteiger partial charge in [0.2, 0.25) is 5.88 Å². The second kappa shape index (κ2) is 6.33. The molecule has 0 amide bonds. The Morgan fingerprint density at radius 1 is 1.19 bits per heavy atom. The molecule has 7 nitrogen and oxygen atoms in total. The van der Waals surface area contributed by atoms with Crippen molar-refractivity contribution in [2.24, 2.45) is 7.05 Å². The van der Waals surface area contributed by atoms with Crippen molar-refractivity contribution in [3.63, 3.8) is 0 Å². The van der Waals surface area contributed by atoms with E-state index in [1.54, 1.807) is 28.7 Å². The number of nitrogens with zero attached hydrogens (tertiary/aromatic N) is 6. The summed E-state index contributed by atoms with van der Waals surface area (Å²) in [5.41, 5.74) is 5.22. The predicted molar refractivity (Wildman–Crippen MR) is 96.5 cm³/mol. The highest BCUT2D eigenvalue weighted by Gasteiger charge is 2.15. The van der Waals surface area contributed by atoms with Crippen LogP contribution in [0.2, 0.25) is 0 Å². The van der Waals surface area contributed by atoms with Gasteiger partial charge in [-0.2, -0.15) is 10.4 Å². The molecule has 0 atom stereocenters. The molecule has 0 spiro atoms. The summed E-state index contributed by atoms with van der Waals surface area (Å²) in [5, 5.41) is 17.7. The van der Waals surface area contributed by atoms with Crippen LogP contribution in [0.3, 0.4) is 0 Å². The maximum Gasteiger partial charge on any atom is 0.239 e. The molecule has 0 N–H and O–H groups in total. The standard InChI is InChI=1S/C19H16N6O/c1-24-12-15(10-22-24)16-9-18-21-11-17(25(18)23-19(16)26-2)14-5-3-4-13(8-14)6-7-20/h3-5,8-12H,6H2,1-2H3. The van der Waals surface area contributed by atoms with Crippen LogP contribution < -0.4 is 4.74 Å². The molecule has 0 unspecified atom stereocenters. The SMILES string of the molecule is COc1nn2c(-c3cccc(CC#N)c3)cnc2cc1-c1cnn(C)c1. The number of aromatic nitrogens is 5. The Kier molecular flexibility index (Phi) is 3.86. The molecule has 0 aliphatic heterocycles. The van der Waals surface area contributed by atoms with E-state index in [-0.39, 0.29) is 0 Å². The van der Waals surface area contributed by atoms with Gasteiger partial charge in [-0.15, -0.1) is 5.10 Å². The molecular formula is C19H16N6O. The third-order valence-electron chi connectivity index (χ3n) is 4.17. The summed E-state index contributed by atoms with van der Waals surface area (Å²) >= 11 is 0. The van der Waals surface area contributed by atoms with Gasteiger partial charge >= 0.3 is 0 Å². The van der Waals surface area contributed by atoms with Crippen LogP contribution in [0.4, 0.5) is 0 Å². The Hall–Kier alpha value is -3.66. The lowest BCUT2D eigenvalue weighted by atomic mass is 10.1. The number of ether oxygens (including phenoxy) is 1. The van der Waals surface area contributed by atoms with Crippen molar-refractivity contribution in [2.45, 2.75) is 6.42 Å². The molecule has 26 heavy (non-hydrogen) atoms. The van der Waals surface area contributed by atoms with E-state index in [9.17, 15) is 0 Å². The number of fused-ring (bicyclic) bond motifs is 1. The summed E-state index contributed by atoms with van der Waals surface area (Å²) in [6.45, 7) is 0. The molecule has 0 bridgehead atoms. The number of hydrogen-bond donors (Lipinski definition) is 0. The third-order valence-corrected chi connectivity index (χ3v) is 4.17. The largest absolute Gasteiger partial charge is 0.480 e. The first kappa shape index (κ1) is 15.8. The second-order valence-electron chi connectivity index (χ2n) is 5.92. The first-order valence-corrected chi connectivity index (χ1v) is 8.07. The van der Waals surface area contributed by atoms with Gasteiger partial charge < -0.3 is 4.74 Å². The van der Waals surface area contributed by atoms with Crippen molar-refractivity contribution in [2.75, 3.05) is 7.11 Å². The van der Waals surface area contributed by atoms with Crippen molar-refractivity contribution in [1.29, 1.82) is 5.26 Å². The summed E-state index contributed by atoms with van der Waals surface area (Å²) in [6, 6.07) is 11.9. The molecule has 1 aromatic carbocycles. The highest BCUT2D eigenvalue weighted by molar-refractivity contribution is 5.73. The number of hydrogen-bond acceptors (Lipinski definition) is 5. The summed E-state index contributed by atoms with van der Waals surface area (Å²) in [5.74, 6) is 0.498. The number of nitriles is 1. The normalized spacial score (nSPS) is 10.8. The molecule has 3 heterocycles. The van der Waals surface area contributed by atoms with Gasteiger partial charge in [0.05, 0.1) is 43.3 Å². The molecule has 4 aromatic rings. The van der Waals surface area contributed by atoms with Crippen molar-refractivity contribution in [3.8, 4) is 34.3 Å². The quantitative estimate of drug-likeness (QED) is 0.568. The lowest BCUT2D eigenvalue weighted by Crippen LogP contribution is -2.00. The third kappa shape index (κ3) is 2.67. The summed E-state index contributed by atoms with van der Waals surface area (Å²) in [7, 11) is 3.46. The van der Waals surface area contributed by atoms with Crippen LogP contribution in [-0.4, -0.2) is 31.5 Å². The van der Waals surface area contributed by atoms with E-state index in [1.165, 1.54) is 0 Å². The van der Waals surface area contributed by atoms with E-state index in [2.05, 4.69) is 21.3 Å². The molecule has 0 aliphatic carbocycles. The number of benzene rings is 1. The second-order valence-corrected chi connectivity index (χ2v) is 5.92. The minimum Gasteiger partial charge on any atom is -0.480 e. The summed E-state index contributed by atoms with van der Waals surface area (Å²) < 4.78 is 8.99. The average molecular weight is 344 g/mol. The monoisotopic (exact) mass is 344 g/mol. The van der Waals surface area contributed by atoms with E-state index in [0.29, 0.717) is 17.9 Å². The zero-order valence-electron chi connectivity index (χ0n) is 14.4. The molecule has 0 fully saturated rings. The molecule has 0 saturated carbocycles. The minimum atomic E-state index is 0.368. The van der Waals surface area contributed by atoms with Gasteiger partial charge in [0.1, 0.15) is 0 Å². The first-order valence-electron chi connectivity index (χ1n) is 8.07. The van der Waals surface area contributed by atoms with Crippen LogP contribution in [0.25, 0.3) is 28.0 Å². The smallest absolute Gasteiger partial charge is 0.239 e. The maximum absolute atomic E-state index is 8.92. The molecular weight excluding hydrogens is 328 g/mol. The van der Waals surface area contributed by atoms with Gasteiger partial charge in [-0.25, -0.2) is 9.50 Å². The minimum absolute atomic E-state index is 0.368. The van der Waals surface area contributed by atoms with E-state index >= 15 is 0 Å². The Labute approximate surface area is 150 Å². The molecule has 0 aliphatic rings. The maximum atomic E-state index is 8.92. The Morgan fingerprint density at radius 2 is 2.08 bits per heavy atom. The van der Waals surface area contributed by atoms with Crippen LogP contribution in [0.15, 0.2) is 48.9 Å². The van der Waals surface area contributed by atoms with Crippen molar-refractivity contribution >= 4 is 5.65 Å². The van der Waals surface area contributed by atoms with E-state index in [1.807, 2.05) is 43.6 Å². The Bertz CT molecular complexity index is 1130. The van der Waals surface area contributed by atoms with Gasteiger partial charge in [-0.1, -0.05) is 18.2 Å². The lowest BCUT2D eigenvalue weighted by molar-refractivity contribution is 0.392. The molecule has 0 radical (unpaired) electrons. The van der Waals surface area contributed by atoms with Crippen molar-refractivity contribution < 1.29 is 4.74 Å². The molecule has 7 heteroatoms.